The Morgan fingerprint density at radius 3 is 2.16 bits per heavy atom. The molecular weight excluding hydrogens is 593 g/mol. The number of nitrogens with one attached hydrogen (secondary N) is 1. The first kappa shape index (κ1) is 31.6. The van der Waals surface area contributed by atoms with Crippen LogP contribution in [-0.2, 0) is 37.2 Å². The molecule has 1 aliphatic rings. The zero-order valence-electron chi connectivity index (χ0n) is 25.0. The number of fused-ring (bicyclic) bond motifs is 1. The predicted octanol–water partition coefficient (Wildman–Crippen LogP) is 4.20. The van der Waals surface area contributed by atoms with Crippen molar-refractivity contribution in [2.45, 2.75) is 45.4 Å². The molecule has 0 spiro atoms. The van der Waals surface area contributed by atoms with E-state index < -0.39 is 29.0 Å². The van der Waals surface area contributed by atoms with Crippen LogP contribution >= 0.6 is 0 Å². The molecule has 5 rings (SSSR count). The van der Waals surface area contributed by atoms with Crippen molar-refractivity contribution in [3.8, 4) is 11.5 Å². The molecule has 0 unspecified atom stereocenters. The van der Waals surface area contributed by atoms with Crippen molar-refractivity contribution in [3.63, 3.8) is 0 Å². The summed E-state index contributed by atoms with van der Waals surface area (Å²) in [6.45, 7) is 3.01. The third kappa shape index (κ3) is 7.45. The van der Waals surface area contributed by atoms with E-state index in [4.69, 9.17) is 14.2 Å². The Balaban J connectivity index is 1.18. The molecule has 0 radical (unpaired) electrons. The van der Waals surface area contributed by atoms with E-state index in [0.29, 0.717) is 42.3 Å². The number of hydrogen-bond donors (Lipinski definition) is 1. The number of methoxy groups -OCH3 is 2. The van der Waals surface area contributed by atoms with Gasteiger partial charge >= 0.3 is 6.18 Å². The van der Waals surface area contributed by atoms with Crippen LogP contribution in [0, 0.1) is 0 Å². The summed E-state index contributed by atoms with van der Waals surface area (Å²) in [7, 11) is 3.09. The van der Waals surface area contributed by atoms with Gasteiger partial charge in [-0.1, -0.05) is 24.3 Å². The number of hydrogen-bond acceptors (Lipinski definition) is 8. The summed E-state index contributed by atoms with van der Waals surface area (Å²) in [5.41, 5.74) is -0.502. The van der Waals surface area contributed by atoms with Gasteiger partial charge < -0.3 is 24.4 Å². The normalized spacial score (nSPS) is 13.8. The number of carbonyl (C=O) groups is 1. The lowest BCUT2D eigenvalue weighted by Gasteiger charge is -2.27. The molecule has 4 aromatic rings. The fourth-order valence-electron chi connectivity index (χ4n) is 5.00. The molecule has 0 saturated carbocycles. The molecule has 1 N–H and O–H groups in total. The van der Waals surface area contributed by atoms with E-state index in [-0.39, 0.29) is 25.7 Å². The number of halogens is 3. The van der Waals surface area contributed by atoms with Crippen LogP contribution in [0.3, 0.4) is 0 Å². The molecule has 3 heterocycles. The average molecular weight is 627 g/mol. The number of ether oxygens (including phenoxy) is 3. The average Bonchev–Trinajstić information content (AvgIpc) is 3.44. The van der Waals surface area contributed by atoms with Gasteiger partial charge in [-0.05, 0) is 48.4 Å². The van der Waals surface area contributed by atoms with Crippen LogP contribution in [0.15, 0.2) is 65.6 Å². The third-order valence-electron chi connectivity index (χ3n) is 7.29. The van der Waals surface area contributed by atoms with Gasteiger partial charge in [0.25, 0.3) is 11.5 Å². The Labute approximate surface area is 257 Å². The summed E-state index contributed by atoms with van der Waals surface area (Å²) in [6.07, 6.45) is -3.91. The molecule has 2 aromatic carbocycles. The van der Waals surface area contributed by atoms with Crippen LogP contribution in [0.1, 0.15) is 39.8 Å². The monoisotopic (exact) mass is 626 g/mol. The number of alkyl halides is 3. The summed E-state index contributed by atoms with van der Waals surface area (Å²) in [5.74, 6) is 1.17. The topological polar surface area (TPSA) is 113 Å². The van der Waals surface area contributed by atoms with Gasteiger partial charge in [0.2, 0.25) is 0 Å². The number of anilines is 1. The Bertz CT molecular complexity index is 1690. The van der Waals surface area contributed by atoms with Crippen LogP contribution in [-0.4, -0.2) is 63.8 Å². The first-order valence-electron chi connectivity index (χ1n) is 14.2. The number of rotatable bonds is 12. The number of amides is 1. The smallest absolute Gasteiger partial charge is 0.423 e. The van der Waals surface area contributed by atoms with Gasteiger partial charge in [0.1, 0.15) is 22.8 Å². The first-order valence-corrected chi connectivity index (χ1v) is 14.2. The zero-order chi connectivity index (χ0) is 32.1. The minimum absolute atomic E-state index is 0.00592. The van der Waals surface area contributed by atoms with Gasteiger partial charge in [0, 0.05) is 19.1 Å². The molecular formula is C31H33F3N6O5. The van der Waals surface area contributed by atoms with Gasteiger partial charge in [-0.3, -0.25) is 14.3 Å². The minimum Gasteiger partial charge on any atom is -0.497 e. The lowest BCUT2D eigenvalue weighted by Crippen LogP contribution is -2.39. The van der Waals surface area contributed by atoms with E-state index in [1.54, 1.807) is 53.9 Å². The largest absolute Gasteiger partial charge is 0.497 e. The van der Waals surface area contributed by atoms with Crippen molar-refractivity contribution in [1.82, 2.24) is 24.5 Å². The van der Waals surface area contributed by atoms with Crippen molar-refractivity contribution in [2.75, 3.05) is 32.7 Å². The quantitative estimate of drug-likeness (QED) is 0.249. The van der Waals surface area contributed by atoms with Crippen LogP contribution in [0.2, 0.25) is 0 Å². The third-order valence-corrected chi connectivity index (χ3v) is 7.29. The van der Waals surface area contributed by atoms with Crippen molar-refractivity contribution >= 4 is 11.6 Å². The van der Waals surface area contributed by atoms with Crippen LogP contribution in [0.4, 0.5) is 18.9 Å². The summed E-state index contributed by atoms with van der Waals surface area (Å²) < 4.78 is 60.4. The van der Waals surface area contributed by atoms with E-state index in [9.17, 15) is 22.8 Å². The second kappa shape index (κ2) is 13.4. The second-order valence-electron chi connectivity index (χ2n) is 10.6. The molecule has 0 fully saturated rings. The van der Waals surface area contributed by atoms with Gasteiger partial charge in [0.15, 0.2) is 0 Å². The molecule has 0 aliphatic carbocycles. The second-order valence-corrected chi connectivity index (χ2v) is 10.6. The lowest BCUT2D eigenvalue weighted by molar-refractivity contribution is -0.138. The van der Waals surface area contributed by atoms with E-state index in [1.807, 2.05) is 24.3 Å². The number of aromatic nitrogens is 4. The molecule has 14 heteroatoms. The van der Waals surface area contributed by atoms with Crippen molar-refractivity contribution in [3.05, 3.63) is 99.2 Å². The highest BCUT2D eigenvalue weighted by Crippen LogP contribution is 2.32. The van der Waals surface area contributed by atoms with Crippen LogP contribution < -0.4 is 20.3 Å². The number of carbonyl (C=O) groups excluding carboxylic acids is 1. The highest BCUT2D eigenvalue weighted by Gasteiger charge is 2.38. The van der Waals surface area contributed by atoms with Crippen molar-refractivity contribution in [1.29, 1.82) is 0 Å². The van der Waals surface area contributed by atoms with Crippen LogP contribution in [0.25, 0.3) is 0 Å². The standard InChI is InChI=1S/C31H33F3N6O5/c1-20(36-26-15-35-40(30(42)28(26)31(32,33)34)17-22-6-10-25(44-3)11-7-22)18-45-19-23-14-27-29(41)38(12-13-39(27)37-23)16-21-4-8-24(43-2)9-5-21/h4-11,14-15,20,36H,12-13,16-19H2,1-3H3/t20-/m0/s1. The van der Waals surface area contributed by atoms with E-state index >= 15 is 0 Å². The molecule has 1 amide bonds. The van der Waals surface area contributed by atoms with Gasteiger partial charge in [-0.25, -0.2) is 4.68 Å². The molecule has 1 aliphatic heterocycles. The molecule has 238 valence electrons. The Kier molecular flexibility index (Phi) is 9.42. The number of nitrogens with zero attached hydrogens (tertiary/aromatic N) is 5. The maximum absolute atomic E-state index is 14.0. The van der Waals surface area contributed by atoms with Gasteiger partial charge in [0.05, 0.1) is 58.1 Å². The Morgan fingerprint density at radius 1 is 0.933 bits per heavy atom. The molecule has 45 heavy (non-hydrogen) atoms. The van der Waals surface area contributed by atoms with Gasteiger partial charge in [-0.2, -0.15) is 23.4 Å². The number of benzene rings is 2. The maximum Gasteiger partial charge on any atom is 0.423 e. The Hall–Kier alpha value is -4.85. The van der Waals surface area contributed by atoms with E-state index in [0.717, 1.165) is 22.2 Å². The molecule has 0 saturated heterocycles. The molecule has 2 aromatic heterocycles. The lowest BCUT2D eigenvalue weighted by atomic mass is 10.2. The highest BCUT2D eigenvalue weighted by molar-refractivity contribution is 5.93. The van der Waals surface area contributed by atoms with Crippen LogP contribution in [0.5, 0.6) is 11.5 Å². The minimum atomic E-state index is -4.91. The SMILES string of the molecule is COc1ccc(CN2CCn3nc(COC[C@H](C)Nc4cnn(Cc5ccc(OC)cc5)c(=O)c4C(F)(F)F)cc3C2=O)cc1. The maximum atomic E-state index is 14.0. The molecule has 0 bridgehead atoms. The fourth-order valence-corrected chi connectivity index (χ4v) is 5.00. The van der Waals surface area contributed by atoms with E-state index in [1.165, 1.54) is 7.11 Å². The fraction of sp³-hybridized carbons (Fsp3) is 0.355. The Morgan fingerprint density at radius 2 is 1.56 bits per heavy atom. The van der Waals surface area contributed by atoms with Crippen molar-refractivity contribution in [2.24, 2.45) is 0 Å². The summed E-state index contributed by atoms with van der Waals surface area (Å²) in [4.78, 5) is 27.7. The first-order chi connectivity index (χ1) is 21.5. The van der Waals surface area contributed by atoms with Gasteiger partial charge in [-0.15, -0.1) is 0 Å². The molecule has 1 atom stereocenters. The predicted molar refractivity (Wildman–Crippen MR) is 158 cm³/mol. The summed E-state index contributed by atoms with van der Waals surface area (Å²) in [6, 6.07) is 15.2. The molecule has 11 nitrogen and oxygen atoms in total. The summed E-state index contributed by atoms with van der Waals surface area (Å²) >= 11 is 0. The van der Waals surface area contributed by atoms with Crippen molar-refractivity contribution < 1.29 is 32.2 Å². The highest BCUT2D eigenvalue weighted by atomic mass is 19.4. The van der Waals surface area contributed by atoms with E-state index in [2.05, 4.69) is 15.5 Å². The summed E-state index contributed by atoms with van der Waals surface area (Å²) in [5, 5.41) is 11.1. The zero-order valence-corrected chi connectivity index (χ0v) is 25.0.